The van der Waals surface area contributed by atoms with Crippen LogP contribution in [0, 0.1) is 16.0 Å². The molecule has 0 atom stereocenters. The highest BCUT2D eigenvalue weighted by atomic mass is 16.6. The molecule has 4 nitrogen and oxygen atoms in total. The number of allylic oxidation sites excluding steroid dienone is 1. The Labute approximate surface area is 117 Å². The van der Waals surface area contributed by atoms with Crippen molar-refractivity contribution in [2.45, 2.75) is 13.8 Å². The molecule has 0 heterocycles. The molecule has 0 saturated heterocycles. The summed E-state index contributed by atoms with van der Waals surface area (Å²) in [6, 6.07) is 11.4. The molecule has 0 saturated carbocycles. The first-order valence-electron chi connectivity index (χ1n) is 6.46. The van der Waals surface area contributed by atoms with Crippen LogP contribution in [0.25, 0.3) is 16.8 Å². The Morgan fingerprint density at radius 2 is 1.85 bits per heavy atom. The Morgan fingerprint density at radius 3 is 2.40 bits per heavy atom. The van der Waals surface area contributed by atoms with E-state index >= 15 is 0 Å². The highest BCUT2D eigenvalue weighted by Crippen LogP contribution is 2.30. The average Bonchev–Trinajstić information content (AvgIpc) is 2.43. The van der Waals surface area contributed by atoms with Gasteiger partial charge >= 0.3 is 0 Å². The zero-order valence-electron chi connectivity index (χ0n) is 11.8. The number of fused-ring (bicyclic) bond motifs is 1. The number of hydrogen-bond acceptors (Lipinski definition) is 3. The number of rotatable bonds is 4. The molecule has 0 N–H and O–H groups in total. The van der Waals surface area contributed by atoms with Gasteiger partial charge in [0.25, 0.3) is 0 Å². The number of nitrogens with zero attached hydrogens (tertiary/aromatic N) is 1. The highest BCUT2D eigenvalue weighted by molar-refractivity contribution is 5.95. The third-order valence-electron chi connectivity index (χ3n) is 3.24. The van der Waals surface area contributed by atoms with Crippen molar-refractivity contribution < 1.29 is 9.66 Å². The molecule has 20 heavy (non-hydrogen) atoms. The molecule has 4 heteroatoms. The van der Waals surface area contributed by atoms with Crippen molar-refractivity contribution in [2.75, 3.05) is 7.11 Å². The van der Waals surface area contributed by atoms with Crippen molar-refractivity contribution in [1.82, 2.24) is 0 Å². The van der Waals surface area contributed by atoms with Crippen molar-refractivity contribution in [3.05, 3.63) is 57.8 Å². The molecule has 0 spiro atoms. The summed E-state index contributed by atoms with van der Waals surface area (Å²) in [5.74, 6) is 0.635. The van der Waals surface area contributed by atoms with E-state index in [9.17, 15) is 10.1 Å². The molecule has 0 aromatic heterocycles. The minimum atomic E-state index is -0.316. The van der Waals surface area contributed by atoms with E-state index in [0.29, 0.717) is 0 Å². The molecule has 104 valence electrons. The Hall–Kier alpha value is -2.36. The summed E-state index contributed by atoms with van der Waals surface area (Å²) in [5.41, 5.74) is 1.04. The van der Waals surface area contributed by atoms with Crippen LogP contribution in [0.3, 0.4) is 0 Å². The molecule has 2 rings (SSSR count). The topological polar surface area (TPSA) is 52.4 Å². The number of hydrogen-bond donors (Lipinski definition) is 0. The molecular weight excluding hydrogens is 254 g/mol. The fraction of sp³-hybridized carbons (Fsp3) is 0.250. The van der Waals surface area contributed by atoms with Crippen LogP contribution in [0.2, 0.25) is 0 Å². The number of ether oxygens (including phenoxy) is 1. The molecule has 0 radical (unpaired) electrons. The van der Waals surface area contributed by atoms with Crippen molar-refractivity contribution in [3.63, 3.8) is 0 Å². The minimum Gasteiger partial charge on any atom is -0.496 e. The van der Waals surface area contributed by atoms with E-state index in [4.69, 9.17) is 4.74 Å². The van der Waals surface area contributed by atoms with Crippen LogP contribution in [-0.2, 0) is 0 Å². The van der Waals surface area contributed by atoms with E-state index in [1.807, 2.05) is 50.2 Å². The minimum absolute atomic E-state index is 0.133. The van der Waals surface area contributed by atoms with Gasteiger partial charge in [-0.3, -0.25) is 10.1 Å². The van der Waals surface area contributed by atoms with Crippen LogP contribution in [0.15, 0.2) is 42.1 Å². The Bertz CT molecular complexity index is 674. The van der Waals surface area contributed by atoms with Crippen LogP contribution in [0.4, 0.5) is 0 Å². The van der Waals surface area contributed by atoms with Crippen LogP contribution in [0.5, 0.6) is 5.75 Å². The van der Waals surface area contributed by atoms with E-state index in [-0.39, 0.29) is 16.5 Å². The zero-order valence-corrected chi connectivity index (χ0v) is 11.8. The largest absolute Gasteiger partial charge is 0.496 e. The van der Waals surface area contributed by atoms with Gasteiger partial charge in [-0.15, -0.1) is 0 Å². The normalized spacial score (nSPS) is 11.9. The summed E-state index contributed by atoms with van der Waals surface area (Å²) < 4.78 is 5.33. The second-order valence-corrected chi connectivity index (χ2v) is 4.88. The van der Waals surface area contributed by atoms with Gasteiger partial charge in [-0.05, 0) is 17.0 Å². The molecule has 0 unspecified atom stereocenters. The van der Waals surface area contributed by atoms with Gasteiger partial charge in [0.05, 0.1) is 12.0 Å². The third-order valence-corrected chi connectivity index (χ3v) is 3.24. The quantitative estimate of drug-likeness (QED) is 0.620. The lowest BCUT2D eigenvalue weighted by atomic mass is 10.0. The van der Waals surface area contributed by atoms with Crippen LogP contribution < -0.4 is 4.74 Å². The van der Waals surface area contributed by atoms with Gasteiger partial charge in [-0.1, -0.05) is 44.2 Å². The number of benzene rings is 2. The van der Waals surface area contributed by atoms with Crippen LogP contribution >= 0.6 is 0 Å². The van der Waals surface area contributed by atoms with Gasteiger partial charge in [0.1, 0.15) is 5.75 Å². The van der Waals surface area contributed by atoms with Crippen molar-refractivity contribution in [1.29, 1.82) is 0 Å². The smallest absolute Gasteiger partial charge is 0.249 e. The maximum Gasteiger partial charge on any atom is 0.249 e. The third kappa shape index (κ3) is 2.64. The molecule has 2 aromatic rings. The second-order valence-electron chi connectivity index (χ2n) is 4.88. The van der Waals surface area contributed by atoms with Crippen molar-refractivity contribution in [3.8, 4) is 5.75 Å². The predicted molar refractivity (Wildman–Crippen MR) is 80.3 cm³/mol. The summed E-state index contributed by atoms with van der Waals surface area (Å²) in [4.78, 5) is 10.8. The molecule has 0 amide bonds. The molecule has 0 aliphatic rings. The monoisotopic (exact) mass is 271 g/mol. The summed E-state index contributed by atoms with van der Waals surface area (Å²) in [6.07, 6.45) is 1.65. The lowest BCUT2D eigenvalue weighted by Gasteiger charge is -2.09. The second kappa shape index (κ2) is 5.74. The number of nitro groups is 1. The first-order valence-corrected chi connectivity index (χ1v) is 6.46. The summed E-state index contributed by atoms with van der Waals surface area (Å²) in [6.45, 7) is 3.64. The average molecular weight is 271 g/mol. The fourth-order valence-electron chi connectivity index (χ4n) is 2.19. The fourth-order valence-corrected chi connectivity index (χ4v) is 2.19. The molecule has 0 fully saturated rings. The highest BCUT2D eigenvalue weighted by Gasteiger charge is 2.16. The standard InChI is InChI=1S/C16H17NO3/c1-11(2)15(17(18)19)10-12-8-9-16(20-3)14-7-5-4-6-13(12)14/h4-11H,1-3H3/b15-10-. The van der Waals surface area contributed by atoms with Gasteiger partial charge in [0, 0.05) is 17.4 Å². The molecule has 2 aromatic carbocycles. The number of methoxy groups -OCH3 is 1. The Morgan fingerprint density at radius 1 is 1.20 bits per heavy atom. The molecule has 0 bridgehead atoms. The van der Waals surface area contributed by atoms with Gasteiger partial charge in [-0.25, -0.2) is 0 Å². The Balaban J connectivity index is 2.67. The lowest BCUT2D eigenvalue weighted by Crippen LogP contribution is -2.05. The van der Waals surface area contributed by atoms with E-state index in [0.717, 1.165) is 22.1 Å². The van der Waals surface area contributed by atoms with Crippen molar-refractivity contribution in [2.24, 2.45) is 5.92 Å². The van der Waals surface area contributed by atoms with Gasteiger partial charge in [0.2, 0.25) is 5.70 Å². The maximum absolute atomic E-state index is 11.1. The van der Waals surface area contributed by atoms with Crippen molar-refractivity contribution >= 4 is 16.8 Å². The first-order chi connectivity index (χ1) is 9.54. The SMILES string of the molecule is COc1ccc(/C=C(/C(C)C)[N+](=O)[O-])c2ccccc12. The van der Waals surface area contributed by atoms with E-state index < -0.39 is 0 Å². The van der Waals surface area contributed by atoms with Crippen LogP contribution in [0.1, 0.15) is 19.4 Å². The first kappa shape index (κ1) is 14.1. The predicted octanol–water partition coefficient (Wildman–Crippen LogP) is 4.12. The van der Waals surface area contributed by atoms with E-state index in [1.54, 1.807) is 13.2 Å². The molecule has 0 aliphatic heterocycles. The van der Waals surface area contributed by atoms with Crippen LogP contribution in [-0.4, -0.2) is 12.0 Å². The van der Waals surface area contributed by atoms with Gasteiger partial charge in [0.15, 0.2) is 0 Å². The molecule has 0 aliphatic carbocycles. The summed E-state index contributed by atoms with van der Waals surface area (Å²) in [7, 11) is 1.62. The van der Waals surface area contributed by atoms with Gasteiger partial charge in [-0.2, -0.15) is 0 Å². The maximum atomic E-state index is 11.1. The lowest BCUT2D eigenvalue weighted by molar-refractivity contribution is -0.431. The van der Waals surface area contributed by atoms with E-state index in [1.165, 1.54) is 0 Å². The molecular formula is C16H17NO3. The Kier molecular flexibility index (Phi) is 4.03. The van der Waals surface area contributed by atoms with Gasteiger partial charge < -0.3 is 4.74 Å². The zero-order chi connectivity index (χ0) is 14.7. The summed E-state index contributed by atoms with van der Waals surface area (Å²) >= 11 is 0. The summed E-state index contributed by atoms with van der Waals surface area (Å²) in [5, 5.41) is 13.0. The van der Waals surface area contributed by atoms with E-state index in [2.05, 4.69) is 0 Å².